The van der Waals surface area contributed by atoms with Gasteiger partial charge in [0.2, 0.25) is 11.8 Å². The number of hydrogen-bond acceptors (Lipinski definition) is 6. The van der Waals surface area contributed by atoms with E-state index in [0.717, 1.165) is 6.07 Å². The van der Waals surface area contributed by atoms with E-state index < -0.39 is 41.6 Å². The first-order valence-electron chi connectivity index (χ1n) is 10.8. The molecule has 1 unspecified atom stereocenters. The predicted octanol–water partition coefficient (Wildman–Crippen LogP) is 3.94. The highest BCUT2D eigenvalue weighted by Crippen LogP contribution is 2.41. The molecule has 36 heavy (non-hydrogen) atoms. The molecule has 1 N–H and O–H groups in total. The molecule has 1 atom stereocenters. The minimum atomic E-state index is -4.93. The minimum Gasteiger partial charge on any atom is -0.497 e. The fraction of sp³-hybridized carbons (Fsp3) is 0.250. The Morgan fingerprint density at radius 3 is 2.47 bits per heavy atom. The third-order valence-electron chi connectivity index (χ3n) is 6.09. The van der Waals surface area contributed by atoms with E-state index in [9.17, 15) is 27.6 Å². The van der Waals surface area contributed by atoms with Gasteiger partial charge in [0.15, 0.2) is 5.76 Å². The summed E-state index contributed by atoms with van der Waals surface area (Å²) < 4.78 is 65.7. The molecule has 12 heteroatoms. The monoisotopic (exact) mass is 503 g/mol. The van der Waals surface area contributed by atoms with Crippen LogP contribution in [0.25, 0.3) is 22.6 Å². The lowest BCUT2D eigenvalue weighted by molar-refractivity contribution is -0.156. The third-order valence-corrected chi connectivity index (χ3v) is 6.09. The smallest absolute Gasteiger partial charge is 0.468 e. The number of carbonyl (C=O) groups is 3. The van der Waals surface area contributed by atoms with Gasteiger partial charge in [0.1, 0.15) is 23.3 Å². The van der Waals surface area contributed by atoms with Crippen LogP contribution >= 0.6 is 0 Å². The number of imide groups is 1. The van der Waals surface area contributed by atoms with Crippen LogP contribution in [0.4, 0.5) is 17.6 Å². The molecule has 1 aromatic heterocycles. The van der Waals surface area contributed by atoms with Crippen LogP contribution in [0.5, 0.6) is 5.75 Å². The molecule has 3 aromatic rings. The molecular formula is C24H17F4N3O5. The Labute approximate surface area is 200 Å². The number of hydrogen-bond donors (Lipinski definition) is 1. The highest BCUT2D eigenvalue weighted by atomic mass is 19.4. The molecule has 1 fully saturated rings. The Morgan fingerprint density at radius 1 is 1.11 bits per heavy atom. The van der Waals surface area contributed by atoms with E-state index >= 15 is 4.39 Å². The van der Waals surface area contributed by atoms with Crippen LogP contribution in [0.15, 0.2) is 40.8 Å². The zero-order valence-electron chi connectivity index (χ0n) is 18.6. The van der Waals surface area contributed by atoms with Crippen LogP contribution in [0.2, 0.25) is 0 Å². The molecule has 0 radical (unpaired) electrons. The fourth-order valence-electron chi connectivity index (χ4n) is 4.33. The van der Waals surface area contributed by atoms with Gasteiger partial charge in [0, 0.05) is 29.7 Å². The van der Waals surface area contributed by atoms with Gasteiger partial charge in [-0.3, -0.25) is 19.7 Å². The van der Waals surface area contributed by atoms with Crippen LogP contribution in [0.3, 0.4) is 0 Å². The van der Waals surface area contributed by atoms with Crippen LogP contribution in [-0.4, -0.2) is 40.8 Å². The number of benzene rings is 2. The lowest BCUT2D eigenvalue weighted by Crippen LogP contribution is -2.52. The number of aromatic nitrogens is 1. The van der Waals surface area contributed by atoms with Crippen molar-refractivity contribution in [2.75, 3.05) is 7.11 Å². The van der Waals surface area contributed by atoms with Gasteiger partial charge in [-0.15, -0.1) is 0 Å². The average molecular weight is 503 g/mol. The van der Waals surface area contributed by atoms with Crippen molar-refractivity contribution in [1.82, 2.24) is 15.2 Å². The molecule has 2 aromatic carbocycles. The van der Waals surface area contributed by atoms with Crippen molar-refractivity contribution in [3.63, 3.8) is 0 Å². The van der Waals surface area contributed by atoms with E-state index in [2.05, 4.69) is 10.3 Å². The Morgan fingerprint density at radius 2 is 1.83 bits per heavy atom. The number of nitrogens with one attached hydrogen (secondary N) is 1. The van der Waals surface area contributed by atoms with Gasteiger partial charge in [-0.25, -0.2) is 9.37 Å². The second-order valence-corrected chi connectivity index (χ2v) is 8.31. The zero-order chi connectivity index (χ0) is 25.8. The molecule has 3 amide bonds. The highest BCUT2D eigenvalue weighted by molar-refractivity contribution is 6.05. The number of carbonyl (C=O) groups excluding carboxylic acids is 3. The summed E-state index contributed by atoms with van der Waals surface area (Å²) in [7, 11) is 1.43. The van der Waals surface area contributed by atoms with E-state index in [1.54, 1.807) is 0 Å². The number of ether oxygens (including phenoxy) is 1. The van der Waals surface area contributed by atoms with Crippen molar-refractivity contribution in [3.05, 3.63) is 59.2 Å². The summed E-state index contributed by atoms with van der Waals surface area (Å²) in [4.78, 5) is 41.4. The largest absolute Gasteiger partial charge is 0.497 e. The van der Waals surface area contributed by atoms with Gasteiger partial charge in [0.05, 0.1) is 7.11 Å². The fourth-order valence-corrected chi connectivity index (χ4v) is 4.33. The number of halogens is 4. The van der Waals surface area contributed by atoms with Gasteiger partial charge in [-0.05, 0) is 48.4 Å². The van der Waals surface area contributed by atoms with Crippen LogP contribution < -0.4 is 10.1 Å². The quantitative estimate of drug-likeness (QED) is 0.428. The summed E-state index contributed by atoms with van der Waals surface area (Å²) in [6, 6.07) is 7.13. The van der Waals surface area contributed by atoms with Crippen LogP contribution in [-0.2, 0) is 22.3 Å². The van der Waals surface area contributed by atoms with Crippen LogP contribution in [0, 0.1) is 5.82 Å². The number of piperidine rings is 1. The zero-order valence-corrected chi connectivity index (χ0v) is 18.6. The van der Waals surface area contributed by atoms with E-state index in [-0.39, 0.29) is 47.5 Å². The van der Waals surface area contributed by atoms with Gasteiger partial charge >= 0.3 is 12.1 Å². The van der Waals surface area contributed by atoms with Gasteiger partial charge in [-0.2, -0.15) is 13.2 Å². The van der Waals surface area contributed by atoms with Crippen molar-refractivity contribution >= 4 is 17.7 Å². The molecule has 0 spiro atoms. The molecular weight excluding hydrogens is 486 g/mol. The Hall–Kier alpha value is -4.22. The SMILES string of the molecule is COc1ccc(-c2oc(C(F)(F)F)nc2-c2cc3c(cc2F)C(=O)N(C2CCC(=O)NC2=O)C3)cc1. The van der Waals surface area contributed by atoms with E-state index in [4.69, 9.17) is 9.15 Å². The first-order valence-corrected chi connectivity index (χ1v) is 10.8. The average Bonchev–Trinajstić information content (AvgIpc) is 3.41. The van der Waals surface area contributed by atoms with Crippen molar-refractivity contribution in [2.24, 2.45) is 0 Å². The lowest BCUT2D eigenvalue weighted by atomic mass is 10.0. The maximum absolute atomic E-state index is 15.2. The molecule has 8 nitrogen and oxygen atoms in total. The molecule has 5 rings (SSSR count). The Kier molecular flexibility index (Phi) is 5.53. The molecule has 186 valence electrons. The number of amides is 3. The molecule has 2 aliphatic heterocycles. The van der Waals surface area contributed by atoms with Gasteiger partial charge in [0.25, 0.3) is 5.91 Å². The Balaban J connectivity index is 1.57. The van der Waals surface area contributed by atoms with E-state index in [0.29, 0.717) is 11.3 Å². The maximum Gasteiger partial charge on any atom is 0.468 e. The third kappa shape index (κ3) is 3.97. The van der Waals surface area contributed by atoms with E-state index in [1.165, 1.54) is 42.3 Å². The maximum atomic E-state index is 15.2. The van der Waals surface area contributed by atoms with Crippen molar-refractivity contribution < 1.29 is 41.1 Å². The summed E-state index contributed by atoms with van der Waals surface area (Å²) in [5, 5.41) is 2.17. The molecule has 0 saturated carbocycles. The van der Waals surface area contributed by atoms with E-state index in [1.807, 2.05) is 0 Å². The highest BCUT2D eigenvalue weighted by Gasteiger charge is 2.41. The predicted molar refractivity (Wildman–Crippen MR) is 115 cm³/mol. The standard InChI is InChI=1S/C24H17F4N3O5/c1-35-13-4-2-11(3-5-13)20-19(30-23(36-20)24(26,27)28)15-8-12-10-31(22(34)14(12)9-16(15)25)17-6-7-18(32)29-21(17)33/h2-5,8-9,17H,6-7,10H2,1H3,(H,29,32,33). The summed E-state index contributed by atoms with van der Waals surface area (Å²) in [5.41, 5.74) is -0.198. The van der Waals surface area contributed by atoms with Crippen LogP contribution in [0.1, 0.15) is 34.7 Å². The summed E-state index contributed by atoms with van der Waals surface area (Å²) in [6.07, 6.45) is -4.77. The number of methoxy groups -OCH3 is 1. The summed E-state index contributed by atoms with van der Waals surface area (Å²) in [6.45, 7) is -0.0877. The first kappa shape index (κ1) is 23.5. The second-order valence-electron chi connectivity index (χ2n) is 8.31. The number of fused-ring (bicyclic) bond motifs is 1. The topological polar surface area (TPSA) is 102 Å². The summed E-state index contributed by atoms with van der Waals surface area (Å²) in [5.74, 6) is -4.10. The lowest BCUT2D eigenvalue weighted by Gasteiger charge is -2.29. The molecule has 0 bridgehead atoms. The molecule has 0 aliphatic carbocycles. The molecule has 1 saturated heterocycles. The number of nitrogens with zero attached hydrogens (tertiary/aromatic N) is 2. The first-order chi connectivity index (χ1) is 17.1. The molecule has 2 aliphatic rings. The Bertz CT molecular complexity index is 1400. The molecule has 3 heterocycles. The number of oxazole rings is 1. The second kappa shape index (κ2) is 8.47. The van der Waals surface area contributed by atoms with Gasteiger partial charge < -0.3 is 14.1 Å². The van der Waals surface area contributed by atoms with Crippen molar-refractivity contribution in [2.45, 2.75) is 31.6 Å². The minimum absolute atomic E-state index is 0.0218. The van der Waals surface area contributed by atoms with Gasteiger partial charge in [-0.1, -0.05) is 0 Å². The summed E-state index contributed by atoms with van der Waals surface area (Å²) >= 11 is 0. The van der Waals surface area contributed by atoms with Crippen molar-refractivity contribution in [1.29, 1.82) is 0 Å². The normalized spacial score (nSPS) is 17.9. The number of alkyl halides is 3. The number of rotatable bonds is 4. The van der Waals surface area contributed by atoms with Crippen molar-refractivity contribution in [3.8, 4) is 28.3 Å².